The van der Waals surface area contributed by atoms with Crippen LogP contribution in [-0.4, -0.2) is 30.4 Å². The summed E-state index contributed by atoms with van der Waals surface area (Å²) in [6.45, 7) is 2.53. The highest BCUT2D eigenvalue weighted by Gasteiger charge is 2.28. The molecule has 1 aromatic heterocycles. The number of aromatic nitrogens is 1. The van der Waals surface area contributed by atoms with Gasteiger partial charge in [-0.3, -0.25) is 0 Å². The van der Waals surface area contributed by atoms with E-state index in [4.69, 9.17) is 9.47 Å². The first kappa shape index (κ1) is 23.2. The molecule has 3 aromatic rings. The lowest BCUT2D eigenvalue weighted by Gasteiger charge is -2.30. The summed E-state index contributed by atoms with van der Waals surface area (Å²) in [6.07, 6.45) is 13.8. The summed E-state index contributed by atoms with van der Waals surface area (Å²) >= 11 is 0. The largest absolute Gasteiger partial charge is 0.490 e. The summed E-state index contributed by atoms with van der Waals surface area (Å²) in [5.41, 5.74) is 5.18. The molecule has 2 heterocycles. The van der Waals surface area contributed by atoms with E-state index in [1.54, 1.807) is 0 Å². The minimum atomic E-state index is 0.197. The number of ether oxygens (including phenoxy) is 2. The van der Waals surface area contributed by atoms with Gasteiger partial charge in [0.25, 0.3) is 0 Å². The molecule has 1 saturated heterocycles. The maximum atomic E-state index is 10.3. The molecule has 36 heavy (non-hydrogen) atoms. The van der Waals surface area contributed by atoms with E-state index in [0.717, 1.165) is 84.6 Å². The lowest BCUT2D eigenvalue weighted by molar-refractivity contribution is 0.0256. The van der Waals surface area contributed by atoms with E-state index in [2.05, 4.69) is 64.5 Å². The average molecular weight is 482 g/mol. The number of nitrogens with zero attached hydrogens (tertiary/aromatic N) is 2. The first-order chi connectivity index (χ1) is 17.8. The van der Waals surface area contributed by atoms with E-state index in [9.17, 15) is 5.26 Å². The summed E-state index contributed by atoms with van der Waals surface area (Å²) in [7, 11) is 0. The van der Waals surface area contributed by atoms with Crippen molar-refractivity contribution in [1.29, 1.82) is 5.26 Å². The molecule has 1 saturated carbocycles. The van der Waals surface area contributed by atoms with Gasteiger partial charge in [-0.2, -0.15) is 5.26 Å². The summed E-state index contributed by atoms with van der Waals surface area (Å²) in [5.74, 6) is 1.60. The third kappa shape index (κ3) is 4.63. The standard InChI is InChI=1S/C31H35N3O2/c32-20-29-28-14-13-27(36-26-15-17-35-18-16-26)19-30(28)34(25-7-4-8-25)31(29)23-9-11-24(12-10-23)33-21-22-5-2-1-3-6-22/h1-2,9-14,19,22,25-26,33H,3-8,15-18,21H2. The van der Waals surface area contributed by atoms with Crippen LogP contribution in [0, 0.1) is 17.2 Å². The summed E-state index contributed by atoms with van der Waals surface area (Å²) in [4.78, 5) is 0. The highest BCUT2D eigenvalue weighted by atomic mass is 16.5. The first-order valence-electron chi connectivity index (χ1n) is 13.6. The number of hydrogen-bond donors (Lipinski definition) is 1. The molecule has 2 aliphatic carbocycles. The Labute approximate surface area is 213 Å². The minimum Gasteiger partial charge on any atom is -0.490 e. The fourth-order valence-electron chi connectivity index (χ4n) is 5.82. The topological polar surface area (TPSA) is 59.2 Å². The van der Waals surface area contributed by atoms with Crippen LogP contribution < -0.4 is 10.1 Å². The van der Waals surface area contributed by atoms with E-state index in [1.165, 1.54) is 25.7 Å². The third-order valence-corrected chi connectivity index (χ3v) is 8.13. The number of fused-ring (bicyclic) bond motifs is 1. The van der Waals surface area contributed by atoms with Gasteiger partial charge in [0.15, 0.2) is 0 Å². The summed E-state index contributed by atoms with van der Waals surface area (Å²) in [5, 5.41) is 14.9. The van der Waals surface area contributed by atoms with Crippen molar-refractivity contribution in [2.45, 2.75) is 63.5 Å². The van der Waals surface area contributed by atoms with E-state index < -0.39 is 0 Å². The Morgan fingerprint density at radius 1 is 1.00 bits per heavy atom. The molecule has 2 fully saturated rings. The second-order valence-corrected chi connectivity index (χ2v) is 10.5. The molecular weight excluding hydrogens is 446 g/mol. The smallest absolute Gasteiger partial charge is 0.121 e. The number of benzene rings is 2. The Bertz CT molecular complexity index is 1270. The Kier molecular flexibility index (Phi) is 6.70. The average Bonchev–Trinajstić information content (AvgIpc) is 3.21. The predicted octanol–water partition coefficient (Wildman–Crippen LogP) is 7.23. The monoisotopic (exact) mass is 481 g/mol. The van der Waals surface area contributed by atoms with Gasteiger partial charge in [-0.15, -0.1) is 0 Å². The van der Waals surface area contributed by atoms with Crippen LogP contribution in [0.2, 0.25) is 0 Å². The third-order valence-electron chi connectivity index (χ3n) is 8.13. The molecule has 6 rings (SSSR count). The van der Waals surface area contributed by atoms with Gasteiger partial charge in [0.2, 0.25) is 0 Å². The molecular formula is C31H35N3O2. The lowest BCUT2D eigenvalue weighted by Crippen LogP contribution is -2.25. The molecule has 0 radical (unpaired) electrons. The van der Waals surface area contributed by atoms with E-state index in [-0.39, 0.29) is 6.10 Å². The maximum Gasteiger partial charge on any atom is 0.121 e. The second-order valence-electron chi connectivity index (χ2n) is 10.5. The van der Waals surface area contributed by atoms with Crippen molar-refractivity contribution in [3.63, 3.8) is 0 Å². The van der Waals surface area contributed by atoms with Crippen LogP contribution in [0.25, 0.3) is 22.2 Å². The van der Waals surface area contributed by atoms with Gasteiger partial charge in [0.1, 0.15) is 17.9 Å². The molecule has 0 amide bonds. The van der Waals surface area contributed by atoms with E-state index in [1.807, 2.05) is 6.07 Å². The number of anilines is 1. The van der Waals surface area contributed by atoms with Gasteiger partial charge in [0, 0.05) is 42.6 Å². The molecule has 186 valence electrons. The highest BCUT2D eigenvalue weighted by molar-refractivity contribution is 5.95. The molecule has 3 aliphatic rings. The zero-order valence-electron chi connectivity index (χ0n) is 20.9. The van der Waals surface area contributed by atoms with Gasteiger partial charge >= 0.3 is 0 Å². The van der Waals surface area contributed by atoms with E-state index in [0.29, 0.717) is 12.0 Å². The molecule has 1 aliphatic heterocycles. The SMILES string of the molecule is N#Cc1c(-c2ccc(NCC3CC=CCC3)cc2)n(C2CCC2)c2cc(OC3CCOCC3)ccc12. The lowest BCUT2D eigenvalue weighted by atomic mass is 9.92. The van der Waals surface area contributed by atoms with Gasteiger partial charge in [-0.25, -0.2) is 0 Å². The normalized spacial score (nSPS) is 20.7. The number of nitriles is 1. The van der Waals surface area contributed by atoms with Crippen LogP contribution in [0.4, 0.5) is 5.69 Å². The van der Waals surface area contributed by atoms with Crippen molar-refractivity contribution in [3.05, 3.63) is 60.2 Å². The molecule has 1 N–H and O–H groups in total. The van der Waals surface area contributed by atoms with Crippen LogP contribution in [-0.2, 0) is 4.74 Å². The Hall–Kier alpha value is -3.23. The van der Waals surface area contributed by atoms with Gasteiger partial charge < -0.3 is 19.4 Å². The van der Waals surface area contributed by atoms with Crippen molar-refractivity contribution in [3.8, 4) is 23.1 Å². The summed E-state index contributed by atoms with van der Waals surface area (Å²) in [6, 6.07) is 17.9. The van der Waals surface area contributed by atoms with Gasteiger partial charge in [-0.1, -0.05) is 24.3 Å². The Balaban J connectivity index is 1.32. The number of rotatable bonds is 7. The molecule has 5 nitrogen and oxygen atoms in total. The second kappa shape index (κ2) is 10.4. The predicted molar refractivity (Wildman–Crippen MR) is 144 cm³/mol. The number of hydrogen-bond acceptors (Lipinski definition) is 4. The van der Waals surface area contributed by atoms with Crippen LogP contribution >= 0.6 is 0 Å². The van der Waals surface area contributed by atoms with Crippen molar-refractivity contribution >= 4 is 16.6 Å². The van der Waals surface area contributed by atoms with Crippen molar-refractivity contribution < 1.29 is 9.47 Å². The van der Waals surface area contributed by atoms with Crippen molar-refractivity contribution in [2.24, 2.45) is 5.92 Å². The van der Waals surface area contributed by atoms with Crippen LogP contribution in [0.1, 0.15) is 63.0 Å². The van der Waals surface area contributed by atoms with Crippen molar-refractivity contribution in [2.75, 3.05) is 25.1 Å². The first-order valence-corrected chi connectivity index (χ1v) is 13.6. The Morgan fingerprint density at radius 2 is 1.83 bits per heavy atom. The Morgan fingerprint density at radius 3 is 2.53 bits per heavy atom. The zero-order chi connectivity index (χ0) is 24.3. The molecule has 2 aromatic carbocycles. The fourth-order valence-corrected chi connectivity index (χ4v) is 5.82. The minimum absolute atomic E-state index is 0.197. The molecule has 0 spiro atoms. The number of nitrogens with one attached hydrogen (secondary N) is 1. The van der Waals surface area contributed by atoms with Crippen LogP contribution in [0.15, 0.2) is 54.6 Å². The molecule has 5 heteroatoms. The summed E-state index contributed by atoms with van der Waals surface area (Å²) < 4.78 is 14.3. The van der Waals surface area contributed by atoms with Crippen LogP contribution in [0.3, 0.4) is 0 Å². The highest BCUT2D eigenvalue weighted by Crippen LogP contribution is 2.43. The fraction of sp³-hybridized carbons (Fsp3) is 0.452. The van der Waals surface area contributed by atoms with Gasteiger partial charge in [0.05, 0.1) is 30.0 Å². The van der Waals surface area contributed by atoms with Crippen LogP contribution in [0.5, 0.6) is 5.75 Å². The maximum absolute atomic E-state index is 10.3. The van der Waals surface area contributed by atoms with Gasteiger partial charge in [-0.05, 0) is 74.3 Å². The van der Waals surface area contributed by atoms with Crippen molar-refractivity contribution in [1.82, 2.24) is 4.57 Å². The van der Waals surface area contributed by atoms with E-state index >= 15 is 0 Å². The zero-order valence-corrected chi connectivity index (χ0v) is 20.9. The molecule has 1 unspecified atom stereocenters. The molecule has 1 atom stereocenters. The quantitative estimate of drug-likeness (QED) is 0.362. The molecule has 0 bridgehead atoms. The number of allylic oxidation sites excluding steroid dienone is 2.